The predicted molar refractivity (Wildman–Crippen MR) is 58.7 cm³/mol. The molecule has 1 aromatic rings. The lowest BCUT2D eigenvalue weighted by Gasteiger charge is -2.04. The molecule has 3 nitrogen and oxygen atoms in total. The van der Waals surface area contributed by atoms with Crippen LogP contribution in [0.2, 0.25) is 0 Å². The van der Waals surface area contributed by atoms with Gasteiger partial charge in [0, 0.05) is 17.3 Å². The zero-order valence-electron chi connectivity index (χ0n) is 9.72. The fourth-order valence-electron chi connectivity index (χ4n) is 1.62. The fraction of sp³-hybridized carbons (Fsp3) is 0.727. The van der Waals surface area contributed by atoms with Gasteiger partial charge in [0.05, 0.1) is 0 Å². The maximum atomic E-state index is 11.9. The molecule has 0 radical (unpaired) electrons. The number of hydrogen-bond donors (Lipinski definition) is 1. The molecule has 1 heterocycles. The summed E-state index contributed by atoms with van der Waals surface area (Å²) in [5.74, 6) is 0.526. The minimum atomic E-state index is 0.145. The van der Waals surface area contributed by atoms with Crippen LogP contribution in [-0.2, 0) is 6.42 Å². The van der Waals surface area contributed by atoms with Gasteiger partial charge in [0.1, 0.15) is 0 Å². The predicted octanol–water partition coefficient (Wildman–Crippen LogP) is 2.26. The maximum absolute atomic E-state index is 11.9. The van der Waals surface area contributed by atoms with Gasteiger partial charge in [0.2, 0.25) is 0 Å². The lowest BCUT2D eigenvalue weighted by molar-refractivity contribution is 0.512. The van der Waals surface area contributed by atoms with Crippen molar-refractivity contribution in [1.82, 2.24) is 9.78 Å². The second-order valence-corrected chi connectivity index (χ2v) is 4.58. The first-order valence-corrected chi connectivity index (χ1v) is 5.23. The average molecular weight is 196 g/mol. The number of H-pyrrole nitrogens is 1. The van der Waals surface area contributed by atoms with Crippen molar-refractivity contribution < 1.29 is 0 Å². The Bertz CT molecular complexity index is 358. The third-order valence-electron chi connectivity index (χ3n) is 2.35. The summed E-state index contributed by atoms with van der Waals surface area (Å²) in [6.45, 7) is 10.3. The summed E-state index contributed by atoms with van der Waals surface area (Å²) in [6, 6.07) is 0.210. The number of aryl methyl sites for hydroxylation is 1. The molecule has 0 amide bonds. The lowest BCUT2D eigenvalue weighted by Crippen LogP contribution is -2.21. The van der Waals surface area contributed by atoms with Crippen LogP contribution in [-0.4, -0.2) is 9.78 Å². The van der Waals surface area contributed by atoms with Crippen LogP contribution in [0.1, 0.15) is 45.0 Å². The van der Waals surface area contributed by atoms with Gasteiger partial charge in [0.25, 0.3) is 5.56 Å². The molecule has 0 aromatic carbocycles. The van der Waals surface area contributed by atoms with Crippen molar-refractivity contribution in [1.29, 1.82) is 0 Å². The zero-order valence-corrected chi connectivity index (χ0v) is 9.72. The van der Waals surface area contributed by atoms with E-state index in [9.17, 15) is 4.79 Å². The molecule has 0 saturated carbocycles. The van der Waals surface area contributed by atoms with Crippen molar-refractivity contribution in [3.8, 4) is 0 Å². The van der Waals surface area contributed by atoms with Gasteiger partial charge in [-0.25, -0.2) is 0 Å². The van der Waals surface area contributed by atoms with E-state index in [1.807, 2.05) is 20.8 Å². The van der Waals surface area contributed by atoms with E-state index in [4.69, 9.17) is 0 Å². The standard InChI is InChI=1S/C11H20N2O/c1-7(2)6-10-9(5)12-13(8(3)4)11(10)14/h7-8,12H,6H2,1-5H3. The van der Waals surface area contributed by atoms with Crippen molar-refractivity contribution in [2.24, 2.45) is 5.92 Å². The summed E-state index contributed by atoms with van der Waals surface area (Å²) in [7, 11) is 0. The van der Waals surface area contributed by atoms with Gasteiger partial charge >= 0.3 is 0 Å². The van der Waals surface area contributed by atoms with Crippen molar-refractivity contribution in [2.45, 2.75) is 47.1 Å². The largest absolute Gasteiger partial charge is 0.299 e. The smallest absolute Gasteiger partial charge is 0.270 e. The highest BCUT2D eigenvalue weighted by molar-refractivity contribution is 5.16. The number of rotatable bonds is 3. The van der Waals surface area contributed by atoms with Gasteiger partial charge in [-0.15, -0.1) is 0 Å². The Morgan fingerprint density at radius 2 is 1.86 bits per heavy atom. The highest BCUT2D eigenvalue weighted by Gasteiger charge is 2.13. The summed E-state index contributed by atoms with van der Waals surface area (Å²) < 4.78 is 1.70. The Labute approximate surface area is 85.1 Å². The fourth-order valence-corrected chi connectivity index (χ4v) is 1.62. The van der Waals surface area contributed by atoms with Crippen LogP contribution in [0.25, 0.3) is 0 Å². The summed E-state index contributed by atoms with van der Waals surface area (Å²) in [4.78, 5) is 11.9. The molecule has 0 aliphatic heterocycles. The highest BCUT2D eigenvalue weighted by atomic mass is 16.1. The normalized spacial score (nSPS) is 11.6. The molecule has 0 fully saturated rings. The lowest BCUT2D eigenvalue weighted by atomic mass is 10.0. The van der Waals surface area contributed by atoms with E-state index in [1.54, 1.807) is 4.68 Å². The quantitative estimate of drug-likeness (QED) is 0.791. The molecule has 14 heavy (non-hydrogen) atoms. The Kier molecular flexibility index (Phi) is 3.19. The summed E-state index contributed by atoms with van der Waals surface area (Å²) >= 11 is 0. The van der Waals surface area contributed by atoms with Crippen molar-refractivity contribution in [3.63, 3.8) is 0 Å². The molecule has 0 bridgehead atoms. The first kappa shape index (κ1) is 11.1. The van der Waals surface area contributed by atoms with Crippen LogP contribution in [0.5, 0.6) is 0 Å². The highest BCUT2D eigenvalue weighted by Crippen LogP contribution is 2.09. The third kappa shape index (κ3) is 2.08. The number of nitrogens with zero attached hydrogens (tertiary/aromatic N) is 1. The Morgan fingerprint density at radius 3 is 2.21 bits per heavy atom. The Hall–Kier alpha value is -0.990. The molecule has 1 rings (SSSR count). The molecule has 0 atom stereocenters. The number of nitrogens with one attached hydrogen (secondary N) is 1. The molecular weight excluding hydrogens is 176 g/mol. The van der Waals surface area contributed by atoms with Crippen molar-refractivity contribution in [3.05, 3.63) is 21.6 Å². The van der Waals surface area contributed by atoms with E-state index >= 15 is 0 Å². The first-order chi connectivity index (χ1) is 6.43. The molecule has 1 aromatic heterocycles. The Balaban J connectivity index is 3.12. The molecule has 0 spiro atoms. The van der Waals surface area contributed by atoms with Crippen LogP contribution >= 0.6 is 0 Å². The van der Waals surface area contributed by atoms with Gasteiger partial charge in [-0.1, -0.05) is 13.8 Å². The van der Waals surface area contributed by atoms with Gasteiger partial charge in [-0.05, 0) is 33.1 Å². The van der Waals surface area contributed by atoms with Crippen molar-refractivity contribution >= 4 is 0 Å². The van der Waals surface area contributed by atoms with E-state index in [0.717, 1.165) is 17.7 Å². The van der Waals surface area contributed by atoms with Gasteiger partial charge < -0.3 is 0 Å². The number of aromatic nitrogens is 2. The van der Waals surface area contributed by atoms with Crippen LogP contribution in [0.15, 0.2) is 4.79 Å². The minimum absolute atomic E-state index is 0.145. The third-order valence-corrected chi connectivity index (χ3v) is 2.35. The minimum Gasteiger partial charge on any atom is -0.299 e. The van der Waals surface area contributed by atoms with Gasteiger partial charge in [-0.2, -0.15) is 0 Å². The van der Waals surface area contributed by atoms with Crippen LogP contribution in [0.3, 0.4) is 0 Å². The van der Waals surface area contributed by atoms with E-state index in [0.29, 0.717) is 5.92 Å². The second-order valence-electron chi connectivity index (χ2n) is 4.58. The number of hydrogen-bond acceptors (Lipinski definition) is 1. The SMILES string of the molecule is Cc1[nH]n(C(C)C)c(=O)c1CC(C)C. The van der Waals surface area contributed by atoms with Crippen LogP contribution in [0, 0.1) is 12.8 Å². The van der Waals surface area contributed by atoms with E-state index in [2.05, 4.69) is 18.9 Å². The second kappa shape index (κ2) is 4.03. The van der Waals surface area contributed by atoms with E-state index < -0.39 is 0 Å². The molecule has 0 saturated heterocycles. The molecule has 0 aliphatic rings. The molecule has 0 aliphatic carbocycles. The molecular formula is C11H20N2O. The van der Waals surface area contributed by atoms with Crippen LogP contribution < -0.4 is 5.56 Å². The maximum Gasteiger partial charge on any atom is 0.270 e. The molecule has 1 N–H and O–H groups in total. The van der Waals surface area contributed by atoms with E-state index in [1.165, 1.54) is 0 Å². The van der Waals surface area contributed by atoms with Crippen molar-refractivity contribution in [2.75, 3.05) is 0 Å². The van der Waals surface area contributed by atoms with Gasteiger partial charge in [-0.3, -0.25) is 14.6 Å². The van der Waals surface area contributed by atoms with E-state index in [-0.39, 0.29) is 11.6 Å². The number of aromatic amines is 1. The molecule has 80 valence electrons. The monoisotopic (exact) mass is 196 g/mol. The average Bonchev–Trinajstić information content (AvgIpc) is 2.31. The topological polar surface area (TPSA) is 37.8 Å². The van der Waals surface area contributed by atoms with Gasteiger partial charge in [0.15, 0.2) is 0 Å². The Morgan fingerprint density at radius 1 is 1.29 bits per heavy atom. The first-order valence-electron chi connectivity index (χ1n) is 5.23. The summed E-state index contributed by atoms with van der Waals surface area (Å²) in [6.07, 6.45) is 0.862. The zero-order chi connectivity index (χ0) is 10.9. The summed E-state index contributed by atoms with van der Waals surface area (Å²) in [5, 5.41) is 3.12. The van der Waals surface area contributed by atoms with Crippen LogP contribution in [0.4, 0.5) is 0 Å². The summed E-state index contributed by atoms with van der Waals surface area (Å²) in [5.41, 5.74) is 2.09. The molecule has 0 unspecified atom stereocenters. The molecule has 3 heteroatoms.